The molecule has 1 heterocycles. The van der Waals surface area contributed by atoms with Crippen LogP contribution in [-0.2, 0) is 12.7 Å². The second kappa shape index (κ2) is 7.99. The summed E-state index contributed by atoms with van der Waals surface area (Å²) in [7, 11) is 0. The molecule has 0 aliphatic heterocycles. The zero-order valence-electron chi connectivity index (χ0n) is 14.4. The number of amides is 2. The summed E-state index contributed by atoms with van der Waals surface area (Å²) in [5.41, 5.74) is -0.242. The monoisotopic (exact) mass is 388 g/mol. The summed E-state index contributed by atoms with van der Waals surface area (Å²) < 4.78 is 44.0. The number of furan rings is 1. The van der Waals surface area contributed by atoms with Gasteiger partial charge in [0.2, 0.25) is 0 Å². The summed E-state index contributed by atoms with van der Waals surface area (Å²) in [6.45, 7) is 0.0391. The Kier molecular flexibility index (Phi) is 5.49. The number of nitrogens with one attached hydrogen (secondary N) is 2. The van der Waals surface area contributed by atoms with Crippen LogP contribution in [-0.4, -0.2) is 11.8 Å². The third-order valence-corrected chi connectivity index (χ3v) is 3.89. The molecule has 28 heavy (non-hydrogen) atoms. The number of hydrogen-bond donors (Lipinski definition) is 2. The third kappa shape index (κ3) is 4.59. The van der Waals surface area contributed by atoms with E-state index in [0.717, 1.165) is 12.1 Å². The van der Waals surface area contributed by atoms with Gasteiger partial charge < -0.3 is 15.1 Å². The molecule has 0 atom stereocenters. The maximum absolute atomic E-state index is 13.0. The fraction of sp³-hybridized carbons (Fsp3) is 0.100. The van der Waals surface area contributed by atoms with E-state index < -0.39 is 29.1 Å². The van der Waals surface area contributed by atoms with Gasteiger partial charge in [0.1, 0.15) is 0 Å². The molecule has 0 saturated carbocycles. The van der Waals surface area contributed by atoms with Crippen molar-refractivity contribution in [3.05, 3.63) is 89.4 Å². The fourth-order valence-corrected chi connectivity index (χ4v) is 2.51. The van der Waals surface area contributed by atoms with Crippen molar-refractivity contribution in [1.29, 1.82) is 0 Å². The van der Waals surface area contributed by atoms with Crippen LogP contribution in [0.4, 0.5) is 18.9 Å². The van der Waals surface area contributed by atoms with E-state index in [1.54, 1.807) is 30.3 Å². The smallest absolute Gasteiger partial charge is 0.417 e. The zero-order valence-corrected chi connectivity index (χ0v) is 14.4. The summed E-state index contributed by atoms with van der Waals surface area (Å²) in [6.07, 6.45) is -3.22. The van der Waals surface area contributed by atoms with Crippen LogP contribution in [0.25, 0.3) is 0 Å². The standard InChI is InChI=1S/C20H15F3N2O3/c21-20(22,23)16-5-2-1-4-15(16)18(26)24-12-13-7-9-14(10-8-13)25-19(27)17-6-3-11-28-17/h1-11H,12H2,(H,24,26)(H,25,27). The molecule has 8 heteroatoms. The summed E-state index contributed by atoms with van der Waals surface area (Å²) in [5, 5.41) is 5.11. The number of hydrogen-bond acceptors (Lipinski definition) is 3. The number of halogens is 3. The number of alkyl halides is 3. The van der Waals surface area contributed by atoms with Crippen molar-refractivity contribution in [3.63, 3.8) is 0 Å². The van der Waals surface area contributed by atoms with E-state index >= 15 is 0 Å². The topological polar surface area (TPSA) is 71.3 Å². The van der Waals surface area contributed by atoms with Gasteiger partial charge in [0, 0.05) is 12.2 Å². The Labute approximate surface area is 158 Å². The van der Waals surface area contributed by atoms with Crippen LogP contribution in [0.15, 0.2) is 71.3 Å². The van der Waals surface area contributed by atoms with Crippen LogP contribution in [0.1, 0.15) is 32.0 Å². The predicted molar refractivity (Wildman–Crippen MR) is 95.7 cm³/mol. The van der Waals surface area contributed by atoms with Crippen LogP contribution < -0.4 is 10.6 Å². The Bertz CT molecular complexity index is 965. The average molecular weight is 388 g/mol. The minimum atomic E-state index is -4.61. The van der Waals surface area contributed by atoms with E-state index in [1.807, 2.05) is 0 Å². The van der Waals surface area contributed by atoms with Gasteiger partial charge in [-0.3, -0.25) is 9.59 Å². The number of carbonyl (C=O) groups is 2. The Morgan fingerprint density at radius 3 is 2.25 bits per heavy atom. The molecule has 3 aromatic rings. The SMILES string of the molecule is O=C(Nc1ccc(CNC(=O)c2ccccc2C(F)(F)F)cc1)c1ccco1. The second-order valence-electron chi connectivity index (χ2n) is 5.85. The average Bonchev–Trinajstić information content (AvgIpc) is 3.21. The molecule has 5 nitrogen and oxygen atoms in total. The molecule has 2 aromatic carbocycles. The molecule has 0 aliphatic carbocycles. The minimum absolute atomic E-state index is 0.0391. The predicted octanol–water partition coefficient (Wildman–Crippen LogP) is 4.48. The molecular formula is C20H15F3N2O3. The number of rotatable bonds is 5. The van der Waals surface area contributed by atoms with Crippen molar-refractivity contribution in [1.82, 2.24) is 5.32 Å². The normalized spacial score (nSPS) is 11.1. The molecule has 144 valence electrons. The van der Waals surface area contributed by atoms with Gasteiger partial charge in [-0.15, -0.1) is 0 Å². The molecule has 0 aliphatic rings. The molecule has 1 aromatic heterocycles. The number of anilines is 1. The van der Waals surface area contributed by atoms with Gasteiger partial charge in [-0.2, -0.15) is 13.2 Å². The molecule has 3 rings (SSSR count). The minimum Gasteiger partial charge on any atom is -0.459 e. The van der Waals surface area contributed by atoms with Crippen LogP contribution in [0.2, 0.25) is 0 Å². The third-order valence-electron chi connectivity index (χ3n) is 3.89. The molecule has 2 N–H and O–H groups in total. The lowest BCUT2D eigenvalue weighted by molar-refractivity contribution is -0.137. The molecule has 0 bridgehead atoms. The van der Waals surface area contributed by atoms with Crippen LogP contribution in [0.5, 0.6) is 0 Å². The highest BCUT2D eigenvalue weighted by atomic mass is 19.4. The van der Waals surface area contributed by atoms with Crippen molar-refractivity contribution in [3.8, 4) is 0 Å². The molecule has 0 unspecified atom stereocenters. The lowest BCUT2D eigenvalue weighted by Gasteiger charge is -2.13. The van der Waals surface area contributed by atoms with E-state index in [0.29, 0.717) is 11.3 Å². The summed E-state index contributed by atoms with van der Waals surface area (Å²) in [4.78, 5) is 24.0. The van der Waals surface area contributed by atoms with Gasteiger partial charge >= 0.3 is 6.18 Å². The van der Waals surface area contributed by atoms with Crippen molar-refractivity contribution >= 4 is 17.5 Å². The van der Waals surface area contributed by atoms with Gasteiger partial charge in [-0.1, -0.05) is 24.3 Å². The van der Waals surface area contributed by atoms with E-state index in [-0.39, 0.29) is 12.3 Å². The second-order valence-corrected chi connectivity index (χ2v) is 5.85. The van der Waals surface area contributed by atoms with Gasteiger partial charge in [0.25, 0.3) is 11.8 Å². The Balaban J connectivity index is 1.61. The van der Waals surface area contributed by atoms with E-state index in [2.05, 4.69) is 10.6 Å². The highest BCUT2D eigenvalue weighted by Gasteiger charge is 2.34. The summed E-state index contributed by atoms with van der Waals surface area (Å²) in [5.74, 6) is -1.06. The van der Waals surface area contributed by atoms with Gasteiger partial charge in [-0.25, -0.2) is 0 Å². The molecule has 0 fully saturated rings. The highest BCUT2D eigenvalue weighted by Crippen LogP contribution is 2.31. The van der Waals surface area contributed by atoms with Gasteiger partial charge in [0.15, 0.2) is 5.76 Å². The lowest BCUT2D eigenvalue weighted by Crippen LogP contribution is -2.25. The molecule has 0 saturated heterocycles. The Morgan fingerprint density at radius 1 is 0.893 bits per heavy atom. The quantitative estimate of drug-likeness (QED) is 0.677. The molecule has 2 amide bonds. The van der Waals surface area contributed by atoms with E-state index in [4.69, 9.17) is 4.42 Å². The van der Waals surface area contributed by atoms with Crippen molar-refractivity contribution in [2.75, 3.05) is 5.32 Å². The van der Waals surface area contributed by atoms with E-state index in [1.165, 1.54) is 24.5 Å². The van der Waals surface area contributed by atoms with Gasteiger partial charge in [-0.05, 0) is 42.0 Å². The maximum Gasteiger partial charge on any atom is 0.417 e. The first-order chi connectivity index (χ1) is 13.3. The van der Waals surface area contributed by atoms with Crippen molar-refractivity contribution < 1.29 is 27.2 Å². The van der Waals surface area contributed by atoms with Crippen molar-refractivity contribution in [2.45, 2.75) is 12.7 Å². The first-order valence-corrected chi connectivity index (χ1v) is 8.23. The van der Waals surface area contributed by atoms with E-state index in [9.17, 15) is 22.8 Å². The fourth-order valence-electron chi connectivity index (χ4n) is 2.51. The first kappa shape index (κ1) is 19.2. The summed E-state index contributed by atoms with van der Waals surface area (Å²) >= 11 is 0. The Hall–Kier alpha value is -3.55. The number of benzene rings is 2. The Morgan fingerprint density at radius 2 is 1.61 bits per heavy atom. The molecule has 0 spiro atoms. The van der Waals surface area contributed by atoms with Gasteiger partial charge in [0.05, 0.1) is 17.4 Å². The van der Waals surface area contributed by atoms with Crippen LogP contribution in [0, 0.1) is 0 Å². The summed E-state index contributed by atoms with van der Waals surface area (Å²) in [6, 6.07) is 14.3. The highest BCUT2D eigenvalue weighted by molar-refractivity contribution is 6.02. The van der Waals surface area contributed by atoms with Crippen LogP contribution >= 0.6 is 0 Å². The molecule has 0 radical (unpaired) electrons. The molecular weight excluding hydrogens is 373 g/mol. The first-order valence-electron chi connectivity index (χ1n) is 8.23. The maximum atomic E-state index is 13.0. The zero-order chi connectivity index (χ0) is 20.1. The lowest BCUT2D eigenvalue weighted by atomic mass is 10.1. The number of carbonyl (C=O) groups excluding carboxylic acids is 2. The van der Waals surface area contributed by atoms with Crippen LogP contribution in [0.3, 0.4) is 0 Å². The van der Waals surface area contributed by atoms with Crippen molar-refractivity contribution in [2.24, 2.45) is 0 Å². The largest absolute Gasteiger partial charge is 0.459 e.